The highest BCUT2D eigenvalue weighted by molar-refractivity contribution is 9.13. The van der Waals surface area contributed by atoms with Gasteiger partial charge in [-0.25, -0.2) is 0 Å². The molecule has 2 nitrogen and oxygen atoms in total. The maximum atomic E-state index is 6.60. The lowest BCUT2D eigenvalue weighted by atomic mass is 10.1. The van der Waals surface area contributed by atoms with E-state index in [4.69, 9.17) is 21.1 Å². The maximum absolute atomic E-state index is 6.60. The van der Waals surface area contributed by atoms with Crippen LogP contribution in [-0.4, -0.2) is 14.2 Å². The van der Waals surface area contributed by atoms with Crippen molar-refractivity contribution in [2.45, 2.75) is 5.38 Å². The third kappa shape index (κ3) is 3.19. The van der Waals surface area contributed by atoms with Crippen molar-refractivity contribution in [3.8, 4) is 11.5 Å². The molecule has 0 aliphatic heterocycles. The summed E-state index contributed by atoms with van der Waals surface area (Å²) in [6.45, 7) is 0. The van der Waals surface area contributed by atoms with Gasteiger partial charge in [-0.1, -0.05) is 0 Å². The molecule has 0 N–H and O–H groups in total. The average Bonchev–Trinajstić information content (AvgIpc) is 2.77. The molecule has 1 aromatic heterocycles. The second-order valence-corrected chi connectivity index (χ2v) is 8.32. The van der Waals surface area contributed by atoms with Crippen LogP contribution >= 0.6 is 70.7 Å². The SMILES string of the molecule is COc1ccc(C(Cl)c2cc(Br)c(Br)s2)c(OC)c1Br. The summed E-state index contributed by atoms with van der Waals surface area (Å²) >= 11 is 18.6. The Morgan fingerprint density at radius 1 is 1.15 bits per heavy atom. The van der Waals surface area contributed by atoms with Crippen molar-refractivity contribution in [2.75, 3.05) is 14.2 Å². The predicted molar refractivity (Wildman–Crippen MR) is 94.7 cm³/mol. The number of hydrogen-bond donors (Lipinski definition) is 0. The monoisotopic (exact) mass is 502 g/mol. The van der Waals surface area contributed by atoms with E-state index < -0.39 is 0 Å². The number of halogens is 4. The second kappa shape index (κ2) is 7.01. The highest BCUT2D eigenvalue weighted by Gasteiger charge is 2.22. The molecule has 7 heteroatoms. The molecule has 20 heavy (non-hydrogen) atoms. The normalized spacial score (nSPS) is 12.3. The standard InChI is InChI=1S/C13H10Br3ClO2S/c1-18-8-4-3-6(12(19-2)10(8)15)11(17)9-5-7(14)13(16)20-9/h3-5,11H,1-2H3. The Hall–Kier alpha value is 0.250. The van der Waals surface area contributed by atoms with Crippen molar-refractivity contribution in [3.63, 3.8) is 0 Å². The van der Waals surface area contributed by atoms with Crippen molar-refractivity contribution in [2.24, 2.45) is 0 Å². The summed E-state index contributed by atoms with van der Waals surface area (Å²) < 4.78 is 13.5. The molecule has 1 atom stereocenters. The van der Waals surface area contributed by atoms with E-state index in [-0.39, 0.29) is 5.38 Å². The van der Waals surface area contributed by atoms with Crippen LogP contribution in [-0.2, 0) is 0 Å². The minimum Gasteiger partial charge on any atom is -0.495 e. The first kappa shape index (κ1) is 16.6. The van der Waals surface area contributed by atoms with E-state index in [0.29, 0.717) is 11.5 Å². The molecule has 2 aromatic rings. The predicted octanol–water partition coefficient (Wildman–Crippen LogP) is 6.38. The van der Waals surface area contributed by atoms with Gasteiger partial charge in [0.25, 0.3) is 0 Å². The minimum atomic E-state index is -0.292. The zero-order valence-electron chi connectivity index (χ0n) is 10.5. The lowest BCUT2D eigenvalue weighted by Gasteiger charge is -2.16. The van der Waals surface area contributed by atoms with Crippen LogP contribution < -0.4 is 9.47 Å². The van der Waals surface area contributed by atoms with E-state index in [9.17, 15) is 0 Å². The Balaban J connectivity index is 2.49. The summed E-state index contributed by atoms with van der Waals surface area (Å²) in [5.41, 5.74) is 0.892. The maximum Gasteiger partial charge on any atom is 0.141 e. The fourth-order valence-electron chi connectivity index (χ4n) is 1.76. The van der Waals surface area contributed by atoms with Crippen molar-refractivity contribution >= 4 is 70.7 Å². The summed E-state index contributed by atoms with van der Waals surface area (Å²) in [6.07, 6.45) is 0. The summed E-state index contributed by atoms with van der Waals surface area (Å²) in [4.78, 5) is 1.03. The van der Waals surface area contributed by atoms with Crippen LogP contribution in [0.2, 0.25) is 0 Å². The highest BCUT2D eigenvalue weighted by Crippen LogP contribution is 2.46. The number of ether oxygens (including phenoxy) is 2. The van der Waals surface area contributed by atoms with E-state index >= 15 is 0 Å². The van der Waals surface area contributed by atoms with Gasteiger partial charge >= 0.3 is 0 Å². The van der Waals surface area contributed by atoms with E-state index in [1.165, 1.54) is 0 Å². The fraction of sp³-hybridized carbons (Fsp3) is 0.231. The fourth-order valence-corrected chi connectivity index (χ4v) is 4.90. The summed E-state index contributed by atoms with van der Waals surface area (Å²) in [5, 5.41) is -0.292. The highest BCUT2D eigenvalue weighted by atomic mass is 79.9. The van der Waals surface area contributed by atoms with Gasteiger partial charge in [-0.15, -0.1) is 22.9 Å². The van der Waals surface area contributed by atoms with Crippen molar-refractivity contribution in [1.29, 1.82) is 0 Å². The van der Waals surface area contributed by atoms with Crippen molar-refractivity contribution in [3.05, 3.63) is 41.4 Å². The molecule has 0 amide bonds. The van der Waals surface area contributed by atoms with Gasteiger partial charge in [0.1, 0.15) is 16.0 Å². The zero-order chi connectivity index (χ0) is 14.9. The van der Waals surface area contributed by atoms with Crippen molar-refractivity contribution < 1.29 is 9.47 Å². The smallest absolute Gasteiger partial charge is 0.141 e. The van der Waals surface area contributed by atoms with E-state index in [0.717, 1.165) is 23.2 Å². The molecule has 0 fully saturated rings. The zero-order valence-corrected chi connectivity index (χ0v) is 16.9. The van der Waals surface area contributed by atoms with Crippen LogP contribution in [0.5, 0.6) is 11.5 Å². The van der Waals surface area contributed by atoms with Gasteiger partial charge in [0.15, 0.2) is 0 Å². The molecular weight excluding hydrogens is 495 g/mol. The van der Waals surface area contributed by atoms with Gasteiger partial charge in [0, 0.05) is 14.9 Å². The molecule has 1 heterocycles. The number of thiophene rings is 1. The molecule has 0 spiro atoms. The van der Waals surface area contributed by atoms with Gasteiger partial charge in [0.05, 0.1) is 23.4 Å². The first-order valence-corrected chi connectivity index (χ1v) is 9.12. The van der Waals surface area contributed by atoms with E-state index in [2.05, 4.69) is 47.8 Å². The molecule has 0 saturated carbocycles. The molecule has 1 aromatic carbocycles. The molecule has 108 valence electrons. The number of hydrogen-bond acceptors (Lipinski definition) is 3. The molecule has 0 aliphatic carbocycles. The van der Waals surface area contributed by atoms with E-state index in [1.807, 2.05) is 18.2 Å². The number of alkyl halides is 1. The van der Waals surface area contributed by atoms with Crippen LogP contribution in [0.25, 0.3) is 0 Å². The quantitative estimate of drug-likeness (QED) is 0.449. The van der Waals surface area contributed by atoms with E-state index in [1.54, 1.807) is 25.6 Å². The van der Waals surface area contributed by atoms with Crippen LogP contribution in [0.1, 0.15) is 15.8 Å². The Morgan fingerprint density at radius 2 is 1.85 bits per heavy atom. The lowest BCUT2D eigenvalue weighted by Crippen LogP contribution is -1.98. The van der Waals surface area contributed by atoms with Gasteiger partial charge < -0.3 is 9.47 Å². The minimum absolute atomic E-state index is 0.292. The third-order valence-corrected chi connectivity index (χ3v) is 7.37. The molecule has 2 rings (SSSR count). The Labute approximate surface area is 151 Å². The van der Waals surface area contributed by atoms with Crippen LogP contribution in [0.3, 0.4) is 0 Å². The number of benzene rings is 1. The molecule has 0 bridgehead atoms. The topological polar surface area (TPSA) is 18.5 Å². The van der Waals surface area contributed by atoms with Gasteiger partial charge in [0.2, 0.25) is 0 Å². The molecule has 0 radical (unpaired) electrons. The van der Waals surface area contributed by atoms with Crippen molar-refractivity contribution in [1.82, 2.24) is 0 Å². The number of rotatable bonds is 4. The third-order valence-electron chi connectivity index (χ3n) is 2.70. The Kier molecular flexibility index (Phi) is 5.82. The Morgan fingerprint density at radius 3 is 2.35 bits per heavy atom. The van der Waals surface area contributed by atoms with Gasteiger partial charge in [-0.3, -0.25) is 0 Å². The van der Waals surface area contributed by atoms with Crippen LogP contribution in [0.4, 0.5) is 0 Å². The Bertz CT molecular complexity index is 611. The van der Waals surface area contributed by atoms with Gasteiger partial charge in [-0.2, -0.15) is 0 Å². The van der Waals surface area contributed by atoms with Crippen LogP contribution in [0, 0.1) is 0 Å². The molecular formula is C13H10Br3ClO2S. The average molecular weight is 505 g/mol. The molecule has 0 aliphatic rings. The summed E-state index contributed by atoms with van der Waals surface area (Å²) in [6, 6.07) is 5.79. The first-order valence-electron chi connectivity index (χ1n) is 5.48. The number of methoxy groups -OCH3 is 2. The molecule has 0 saturated heterocycles. The second-order valence-electron chi connectivity index (χ2n) is 3.84. The van der Waals surface area contributed by atoms with Crippen LogP contribution in [0.15, 0.2) is 30.9 Å². The summed E-state index contributed by atoms with van der Waals surface area (Å²) in [5.74, 6) is 1.40. The lowest BCUT2D eigenvalue weighted by molar-refractivity contribution is 0.386. The first-order chi connectivity index (χ1) is 9.49. The summed E-state index contributed by atoms with van der Waals surface area (Å²) in [7, 11) is 3.23. The van der Waals surface area contributed by atoms with Gasteiger partial charge in [-0.05, 0) is 66.0 Å². The molecule has 1 unspecified atom stereocenters. The largest absolute Gasteiger partial charge is 0.495 e.